The Hall–Kier alpha value is -1.63. The van der Waals surface area contributed by atoms with Crippen molar-refractivity contribution in [2.75, 3.05) is 13.1 Å². The summed E-state index contributed by atoms with van der Waals surface area (Å²) in [5.41, 5.74) is -1.02. The number of nitrogens with one attached hydrogen (secondary N) is 1. The Morgan fingerprint density at radius 2 is 1.95 bits per heavy atom. The van der Waals surface area contributed by atoms with Crippen molar-refractivity contribution in [2.24, 2.45) is 5.92 Å². The summed E-state index contributed by atoms with van der Waals surface area (Å²) in [6.07, 6.45) is -2.33. The highest BCUT2D eigenvalue weighted by atomic mass is 19.4. The average Bonchev–Trinajstić information content (AvgIpc) is 2.38. The van der Waals surface area contributed by atoms with Crippen molar-refractivity contribution in [1.82, 2.24) is 5.32 Å². The SMILES string of the molecule is O=[N+]([O-])c1cc(C(F)(F)F)ccc1CC1CCNCC1. The number of halogens is 3. The summed E-state index contributed by atoms with van der Waals surface area (Å²) in [6, 6.07) is 2.79. The third-order valence-corrected chi connectivity index (χ3v) is 3.58. The highest BCUT2D eigenvalue weighted by Crippen LogP contribution is 2.34. The van der Waals surface area contributed by atoms with Gasteiger partial charge in [-0.15, -0.1) is 0 Å². The first-order valence-corrected chi connectivity index (χ1v) is 6.43. The summed E-state index contributed by atoms with van der Waals surface area (Å²) in [5, 5.41) is 14.2. The van der Waals surface area contributed by atoms with Crippen LogP contribution in [0.3, 0.4) is 0 Å². The van der Waals surface area contributed by atoms with Crippen LogP contribution in [0.1, 0.15) is 24.0 Å². The molecule has 7 heteroatoms. The summed E-state index contributed by atoms with van der Waals surface area (Å²) in [4.78, 5) is 10.2. The van der Waals surface area contributed by atoms with Gasteiger partial charge in [-0.2, -0.15) is 13.2 Å². The molecule has 1 heterocycles. The Balaban J connectivity index is 2.25. The van der Waals surface area contributed by atoms with Crippen LogP contribution in [0.15, 0.2) is 18.2 Å². The molecule has 1 aromatic carbocycles. The molecule has 1 aliphatic rings. The normalized spacial score (nSPS) is 17.1. The van der Waals surface area contributed by atoms with Gasteiger partial charge in [0.2, 0.25) is 0 Å². The van der Waals surface area contributed by atoms with E-state index in [1.165, 1.54) is 6.07 Å². The van der Waals surface area contributed by atoms with E-state index in [-0.39, 0.29) is 5.92 Å². The minimum Gasteiger partial charge on any atom is -0.317 e. The Labute approximate surface area is 114 Å². The van der Waals surface area contributed by atoms with Crippen molar-refractivity contribution in [3.05, 3.63) is 39.4 Å². The van der Waals surface area contributed by atoms with Crippen LogP contribution in [0, 0.1) is 16.0 Å². The Kier molecular flexibility index (Phi) is 4.27. The molecule has 0 aromatic heterocycles. The average molecular weight is 288 g/mol. The number of alkyl halides is 3. The topological polar surface area (TPSA) is 55.2 Å². The fourth-order valence-corrected chi connectivity index (χ4v) is 2.48. The van der Waals surface area contributed by atoms with Crippen LogP contribution < -0.4 is 5.32 Å². The zero-order valence-corrected chi connectivity index (χ0v) is 10.7. The zero-order chi connectivity index (χ0) is 14.8. The van der Waals surface area contributed by atoms with E-state index < -0.39 is 22.4 Å². The third-order valence-electron chi connectivity index (χ3n) is 3.58. The van der Waals surface area contributed by atoms with Gasteiger partial charge in [-0.1, -0.05) is 6.07 Å². The van der Waals surface area contributed by atoms with Gasteiger partial charge in [-0.05, 0) is 44.3 Å². The van der Waals surface area contributed by atoms with Crippen LogP contribution in [0.5, 0.6) is 0 Å². The fourth-order valence-electron chi connectivity index (χ4n) is 2.48. The lowest BCUT2D eigenvalue weighted by atomic mass is 9.90. The summed E-state index contributed by atoms with van der Waals surface area (Å²) in [6.45, 7) is 1.69. The molecular formula is C13H15F3N2O2. The molecule has 0 bridgehead atoms. The lowest BCUT2D eigenvalue weighted by molar-refractivity contribution is -0.385. The minimum atomic E-state index is -4.56. The second-order valence-electron chi connectivity index (χ2n) is 5.00. The minimum absolute atomic E-state index is 0.284. The van der Waals surface area contributed by atoms with E-state index in [1.54, 1.807) is 0 Å². The summed E-state index contributed by atoms with van der Waals surface area (Å²) in [5.74, 6) is 0.284. The Morgan fingerprint density at radius 1 is 1.30 bits per heavy atom. The van der Waals surface area contributed by atoms with Gasteiger partial charge in [-0.25, -0.2) is 0 Å². The van der Waals surface area contributed by atoms with Crippen molar-refractivity contribution in [3.8, 4) is 0 Å². The Bertz CT molecular complexity index is 497. The molecule has 1 saturated heterocycles. The zero-order valence-electron chi connectivity index (χ0n) is 10.7. The molecule has 20 heavy (non-hydrogen) atoms. The summed E-state index contributed by atoms with van der Waals surface area (Å²) < 4.78 is 37.8. The van der Waals surface area contributed by atoms with Gasteiger partial charge in [0.05, 0.1) is 10.5 Å². The number of nitro benzene ring substituents is 1. The monoisotopic (exact) mass is 288 g/mol. The maximum atomic E-state index is 12.6. The van der Waals surface area contributed by atoms with Crippen LogP contribution in [0.25, 0.3) is 0 Å². The third kappa shape index (κ3) is 3.47. The van der Waals surface area contributed by atoms with E-state index in [1.807, 2.05) is 0 Å². The van der Waals surface area contributed by atoms with Crippen LogP contribution in [0.4, 0.5) is 18.9 Å². The number of hydrogen-bond donors (Lipinski definition) is 1. The molecule has 0 unspecified atom stereocenters. The molecule has 0 amide bonds. The number of nitro groups is 1. The summed E-state index contributed by atoms with van der Waals surface area (Å²) in [7, 11) is 0. The number of rotatable bonds is 3. The number of benzene rings is 1. The van der Waals surface area contributed by atoms with Gasteiger partial charge >= 0.3 is 6.18 Å². The van der Waals surface area contributed by atoms with Crippen molar-refractivity contribution in [2.45, 2.75) is 25.4 Å². The molecule has 0 radical (unpaired) electrons. The van der Waals surface area contributed by atoms with Gasteiger partial charge in [0, 0.05) is 11.6 Å². The molecule has 4 nitrogen and oxygen atoms in total. The number of piperidine rings is 1. The highest BCUT2D eigenvalue weighted by Gasteiger charge is 2.33. The van der Waals surface area contributed by atoms with E-state index in [2.05, 4.69) is 5.32 Å². The van der Waals surface area contributed by atoms with E-state index in [9.17, 15) is 23.3 Å². The van der Waals surface area contributed by atoms with Crippen LogP contribution in [-0.4, -0.2) is 18.0 Å². The molecule has 110 valence electrons. The molecule has 0 aliphatic carbocycles. The van der Waals surface area contributed by atoms with Crippen molar-refractivity contribution < 1.29 is 18.1 Å². The molecule has 1 N–H and O–H groups in total. The molecule has 2 rings (SSSR count). The predicted octanol–water partition coefficient (Wildman–Crippen LogP) is 3.16. The number of hydrogen-bond acceptors (Lipinski definition) is 3. The molecule has 0 spiro atoms. The predicted molar refractivity (Wildman–Crippen MR) is 67.4 cm³/mol. The quantitative estimate of drug-likeness (QED) is 0.686. The standard InChI is InChI=1S/C13H15F3N2O2/c14-13(15,16)11-2-1-10(12(8-11)18(19)20)7-9-3-5-17-6-4-9/h1-2,8-9,17H,3-7H2. The van der Waals surface area contributed by atoms with Gasteiger partial charge in [0.25, 0.3) is 5.69 Å². The second-order valence-corrected chi connectivity index (χ2v) is 5.00. The van der Waals surface area contributed by atoms with E-state index in [4.69, 9.17) is 0 Å². The van der Waals surface area contributed by atoms with E-state index in [0.717, 1.165) is 32.0 Å². The lowest BCUT2D eigenvalue weighted by Gasteiger charge is -2.22. The van der Waals surface area contributed by atoms with Gasteiger partial charge in [0.15, 0.2) is 0 Å². The van der Waals surface area contributed by atoms with Crippen molar-refractivity contribution >= 4 is 5.69 Å². The lowest BCUT2D eigenvalue weighted by Crippen LogP contribution is -2.28. The Morgan fingerprint density at radius 3 is 2.50 bits per heavy atom. The molecule has 0 saturated carbocycles. The first kappa shape index (κ1) is 14.8. The van der Waals surface area contributed by atoms with E-state index >= 15 is 0 Å². The smallest absolute Gasteiger partial charge is 0.317 e. The van der Waals surface area contributed by atoms with Gasteiger partial charge in [-0.3, -0.25) is 10.1 Å². The number of nitrogens with zero attached hydrogens (tertiary/aromatic N) is 1. The molecule has 1 aliphatic heterocycles. The molecule has 1 fully saturated rings. The van der Waals surface area contributed by atoms with E-state index in [0.29, 0.717) is 18.1 Å². The molecule has 1 aromatic rings. The van der Waals surface area contributed by atoms with Crippen molar-refractivity contribution in [1.29, 1.82) is 0 Å². The van der Waals surface area contributed by atoms with Crippen molar-refractivity contribution in [3.63, 3.8) is 0 Å². The fraction of sp³-hybridized carbons (Fsp3) is 0.538. The highest BCUT2D eigenvalue weighted by molar-refractivity contribution is 5.44. The molecular weight excluding hydrogens is 273 g/mol. The maximum absolute atomic E-state index is 12.6. The summed E-state index contributed by atoms with van der Waals surface area (Å²) >= 11 is 0. The second kappa shape index (κ2) is 5.78. The first-order valence-electron chi connectivity index (χ1n) is 6.43. The van der Waals surface area contributed by atoms with Crippen LogP contribution in [0.2, 0.25) is 0 Å². The van der Waals surface area contributed by atoms with Crippen LogP contribution in [-0.2, 0) is 12.6 Å². The molecule has 0 atom stereocenters. The van der Waals surface area contributed by atoms with Gasteiger partial charge in [0.1, 0.15) is 0 Å². The van der Waals surface area contributed by atoms with Crippen LogP contribution >= 0.6 is 0 Å². The largest absolute Gasteiger partial charge is 0.416 e. The first-order chi connectivity index (χ1) is 9.38. The van der Waals surface area contributed by atoms with Gasteiger partial charge < -0.3 is 5.32 Å². The maximum Gasteiger partial charge on any atom is 0.416 e.